The summed E-state index contributed by atoms with van der Waals surface area (Å²) in [5.41, 5.74) is 4.02. The number of anilines is 1. The van der Waals surface area contributed by atoms with Crippen LogP contribution in [-0.4, -0.2) is 21.2 Å². The minimum Gasteiger partial charge on any atom is -0.478 e. The highest BCUT2D eigenvalue weighted by Gasteiger charge is 2.20. The molecule has 6 nitrogen and oxygen atoms in total. The SMILES string of the molecule is Cc1noc(C)c1CNc1nc2c(cc1C(=O)O)CCC2. The van der Waals surface area contributed by atoms with Gasteiger partial charge in [0.2, 0.25) is 0 Å². The number of aromatic nitrogens is 2. The molecular weight excluding hydrogens is 270 g/mol. The Bertz CT molecular complexity index is 687. The molecule has 0 saturated carbocycles. The van der Waals surface area contributed by atoms with Gasteiger partial charge in [-0.1, -0.05) is 5.16 Å². The van der Waals surface area contributed by atoms with Crippen molar-refractivity contribution in [3.05, 3.63) is 39.9 Å². The van der Waals surface area contributed by atoms with Crippen LogP contribution in [0.1, 0.15) is 45.1 Å². The zero-order chi connectivity index (χ0) is 15.0. The van der Waals surface area contributed by atoms with E-state index in [4.69, 9.17) is 4.52 Å². The Morgan fingerprint density at radius 2 is 2.24 bits per heavy atom. The first-order chi connectivity index (χ1) is 10.1. The van der Waals surface area contributed by atoms with E-state index in [1.54, 1.807) is 6.07 Å². The van der Waals surface area contributed by atoms with Crippen molar-refractivity contribution in [1.82, 2.24) is 10.1 Å². The van der Waals surface area contributed by atoms with Gasteiger partial charge in [-0.05, 0) is 44.7 Å². The van der Waals surface area contributed by atoms with Crippen LogP contribution < -0.4 is 5.32 Å². The number of aromatic carboxylic acids is 1. The lowest BCUT2D eigenvalue weighted by atomic mass is 10.1. The molecule has 110 valence electrons. The van der Waals surface area contributed by atoms with Crippen molar-refractivity contribution in [2.75, 3.05) is 5.32 Å². The second-order valence-electron chi connectivity index (χ2n) is 5.31. The van der Waals surface area contributed by atoms with Gasteiger partial charge in [0.25, 0.3) is 0 Å². The molecule has 0 aromatic carbocycles. The highest BCUT2D eigenvalue weighted by Crippen LogP contribution is 2.26. The van der Waals surface area contributed by atoms with Gasteiger partial charge in [0.15, 0.2) is 0 Å². The van der Waals surface area contributed by atoms with Gasteiger partial charge in [0.1, 0.15) is 17.1 Å². The summed E-state index contributed by atoms with van der Waals surface area (Å²) in [4.78, 5) is 15.9. The maximum Gasteiger partial charge on any atom is 0.339 e. The number of nitrogens with one attached hydrogen (secondary N) is 1. The van der Waals surface area contributed by atoms with Crippen LogP contribution in [-0.2, 0) is 19.4 Å². The number of nitrogens with zero attached hydrogens (tertiary/aromatic N) is 2. The van der Waals surface area contributed by atoms with E-state index in [-0.39, 0.29) is 5.56 Å². The van der Waals surface area contributed by atoms with Crippen molar-refractivity contribution in [3.63, 3.8) is 0 Å². The van der Waals surface area contributed by atoms with E-state index in [0.29, 0.717) is 12.4 Å². The van der Waals surface area contributed by atoms with Crippen molar-refractivity contribution >= 4 is 11.8 Å². The van der Waals surface area contributed by atoms with Crippen molar-refractivity contribution in [2.24, 2.45) is 0 Å². The fourth-order valence-corrected chi connectivity index (χ4v) is 2.70. The average molecular weight is 287 g/mol. The Morgan fingerprint density at radius 3 is 2.90 bits per heavy atom. The molecule has 0 bridgehead atoms. The lowest BCUT2D eigenvalue weighted by molar-refractivity contribution is 0.0697. The fourth-order valence-electron chi connectivity index (χ4n) is 2.70. The van der Waals surface area contributed by atoms with E-state index in [2.05, 4.69) is 15.5 Å². The Hall–Kier alpha value is -2.37. The Kier molecular flexibility index (Phi) is 3.37. The molecular formula is C15H17N3O3. The molecule has 0 saturated heterocycles. The van der Waals surface area contributed by atoms with Crippen LogP contribution in [0.4, 0.5) is 5.82 Å². The predicted octanol–water partition coefficient (Wildman–Crippen LogP) is 2.49. The second kappa shape index (κ2) is 5.20. The van der Waals surface area contributed by atoms with E-state index in [1.165, 1.54) is 0 Å². The van der Waals surface area contributed by atoms with Crippen molar-refractivity contribution in [1.29, 1.82) is 0 Å². The fraction of sp³-hybridized carbons (Fsp3) is 0.400. The number of hydrogen-bond donors (Lipinski definition) is 2. The van der Waals surface area contributed by atoms with Crippen LogP contribution in [0.5, 0.6) is 0 Å². The highest BCUT2D eigenvalue weighted by molar-refractivity contribution is 5.93. The number of carbonyl (C=O) groups is 1. The van der Waals surface area contributed by atoms with Gasteiger partial charge in [-0.15, -0.1) is 0 Å². The normalized spacial score (nSPS) is 13.2. The van der Waals surface area contributed by atoms with E-state index in [1.807, 2.05) is 13.8 Å². The molecule has 6 heteroatoms. The molecule has 2 aromatic rings. The standard InChI is InChI=1S/C15H17N3O3/c1-8-12(9(2)21-18-8)7-16-14-11(15(19)20)6-10-4-3-5-13(10)17-14/h6H,3-5,7H2,1-2H3,(H,16,17)(H,19,20). The number of pyridine rings is 1. The zero-order valence-corrected chi connectivity index (χ0v) is 12.1. The summed E-state index contributed by atoms with van der Waals surface area (Å²) in [5, 5.41) is 16.4. The first-order valence-corrected chi connectivity index (χ1v) is 6.98. The topological polar surface area (TPSA) is 88.3 Å². The van der Waals surface area contributed by atoms with Crippen LogP contribution in [0.2, 0.25) is 0 Å². The molecule has 3 rings (SSSR count). The molecule has 2 heterocycles. The molecule has 0 amide bonds. The van der Waals surface area contributed by atoms with E-state index >= 15 is 0 Å². The van der Waals surface area contributed by atoms with Crippen molar-refractivity contribution in [2.45, 2.75) is 39.7 Å². The van der Waals surface area contributed by atoms with Gasteiger partial charge in [-0.3, -0.25) is 0 Å². The van der Waals surface area contributed by atoms with E-state index in [9.17, 15) is 9.90 Å². The van der Waals surface area contributed by atoms with Gasteiger partial charge in [-0.2, -0.15) is 0 Å². The summed E-state index contributed by atoms with van der Waals surface area (Å²) < 4.78 is 5.11. The number of hydrogen-bond acceptors (Lipinski definition) is 5. The van der Waals surface area contributed by atoms with Gasteiger partial charge >= 0.3 is 5.97 Å². The van der Waals surface area contributed by atoms with Crippen molar-refractivity contribution < 1.29 is 14.4 Å². The van der Waals surface area contributed by atoms with E-state index in [0.717, 1.165) is 47.5 Å². The Labute approximate surface area is 122 Å². The number of carboxylic acids is 1. The number of aryl methyl sites for hydroxylation is 4. The number of fused-ring (bicyclic) bond motifs is 1. The monoisotopic (exact) mass is 287 g/mol. The first kappa shape index (κ1) is 13.6. The average Bonchev–Trinajstić information content (AvgIpc) is 3.02. The molecule has 21 heavy (non-hydrogen) atoms. The largest absolute Gasteiger partial charge is 0.478 e. The third-order valence-corrected chi connectivity index (χ3v) is 3.90. The molecule has 2 aromatic heterocycles. The highest BCUT2D eigenvalue weighted by atomic mass is 16.5. The lowest BCUT2D eigenvalue weighted by Gasteiger charge is -2.11. The van der Waals surface area contributed by atoms with Gasteiger partial charge < -0.3 is 14.9 Å². The molecule has 0 fully saturated rings. The minimum absolute atomic E-state index is 0.224. The third kappa shape index (κ3) is 2.49. The molecule has 0 unspecified atom stereocenters. The summed E-state index contributed by atoms with van der Waals surface area (Å²) in [7, 11) is 0. The molecule has 0 radical (unpaired) electrons. The van der Waals surface area contributed by atoms with Crippen LogP contribution in [0.3, 0.4) is 0 Å². The molecule has 1 aliphatic rings. The van der Waals surface area contributed by atoms with Crippen LogP contribution >= 0.6 is 0 Å². The molecule has 1 aliphatic carbocycles. The van der Waals surface area contributed by atoms with Crippen LogP contribution in [0.25, 0.3) is 0 Å². The second-order valence-corrected chi connectivity index (χ2v) is 5.31. The van der Waals surface area contributed by atoms with Crippen molar-refractivity contribution in [3.8, 4) is 0 Å². The summed E-state index contributed by atoms with van der Waals surface area (Å²) in [5.74, 6) is 0.194. The minimum atomic E-state index is -0.960. The van der Waals surface area contributed by atoms with Gasteiger partial charge in [-0.25, -0.2) is 9.78 Å². The molecule has 0 atom stereocenters. The quantitative estimate of drug-likeness (QED) is 0.898. The molecule has 0 aliphatic heterocycles. The maximum absolute atomic E-state index is 11.4. The molecule has 0 spiro atoms. The van der Waals surface area contributed by atoms with E-state index < -0.39 is 5.97 Å². The third-order valence-electron chi connectivity index (χ3n) is 3.90. The summed E-state index contributed by atoms with van der Waals surface area (Å²) in [6.07, 6.45) is 2.86. The van der Waals surface area contributed by atoms with Crippen LogP contribution in [0.15, 0.2) is 10.6 Å². The van der Waals surface area contributed by atoms with Gasteiger partial charge in [0, 0.05) is 17.8 Å². The maximum atomic E-state index is 11.4. The lowest BCUT2D eigenvalue weighted by Crippen LogP contribution is -2.11. The number of rotatable bonds is 4. The van der Waals surface area contributed by atoms with Crippen LogP contribution in [0, 0.1) is 13.8 Å². The molecule has 2 N–H and O–H groups in total. The van der Waals surface area contributed by atoms with Gasteiger partial charge in [0.05, 0.1) is 5.69 Å². The summed E-state index contributed by atoms with van der Waals surface area (Å²) in [6, 6.07) is 1.74. The Balaban J connectivity index is 1.89. The first-order valence-electron chi connectivity index (χ1n) is 6.98. The predicted molar refractivity (Wildman–Crippen MR) is 76.5 cm³/mol. The zero-order valence-electron chi connectivity index (χ0n) is 12.1. The number of carboxylic acid groups (broad SMARTS) is 1. The summed E-state index contributed by atoms with van der Waals surface area (Å²) in [6.45, 7) is 4.15. The Morgan fingerprint density at radius 1 is 1.43 bits per heavy atom. The smallest absolute Gasteiger partial charge is 0.339 e. The summed E-state index contributed by atoms with van der Waals surface area (Å²) >= 11 is 0.